The van der Waals surface area contributed by atoms with Crippen molar-refractivity contribution in [1.82, 2.24) is 0 Å². The summed E-state index contributed by atoms with van der Waals surface area (Å²) < 4.78 is 0. The van der Waals surface area contributed by atoms with Crippen LogP contribution in [0.3, 0.4) is 0 Å². The fourth-order valence-electron chi connectivity index (χ4n) is 7.92. The highest BCUT2D eigenvalue weighted by molar-refractivity contribution is 6.13. The zero-order valence-corrected chi connectivity index (χ0v) is 18.2. The van der Waals surface area contributed by atoms with E-state index in [9.17, 15) is 14.7 Å². The fourth-order valence-corrected chi connectivity index (χ4v) is 7.92. The van der Waals surface area contributed by atoms with E-state index in [1.807, 2.05) is 0 Å². The third-order valence-corrected chi connectivity index (χ3v) is 10.0. The molecule has 0 aromatic carbocycles. The molecule has 2 fully saturated rings. The summed E-state index contributed by atoms with van der Waals surface area (Å²) in [5, 5.41) is 10.9. The molecule has 3 nitrogen and oxygen atoms in total. The summed E-state index contributed by atoms with van der Waals surface area (Å²) in [7, 11) is 0. The first-order chi connectivity index (χ1) is 13.7. The number of fused-ring (bicyclic) bond motifs is 6. The van der Waals surface area contributed by atoms with Crippen LogP contribution in [0.25, 0.3) is 0 Å². The molecule has 0 radical (unpaired) electrons. The second-order valence-electron chi connectivity index (χ2n) is 11.1. The quantitative estimate of drug-likeness (QED) is 0.622. The highest BCUT2D eigenvalue weighted by Crippen LogP contribution is 2.63. The van der Waals surface area contributed by atoms with Crippen LogP contribution in [-0.2, 0) is 9.59 Å². The van der Waals surface area contributed by atoms with E-state index in [-0.39, 0.29) is 51.8 Å². The van der Waals surface area contributed by atoms with Gasteiger partial charge in [0.25, 0.3) is 0 Å². The Balaban J connectivity index is 1.53. The lowest BCUT2D eigenvalue weighted by atomic mass is 9.46. The molecule has 0 aromatic rings. The van der Waals surface area contributed by atoms with E-state index in [0.717, 1.165) is 25.7 Å². The van der Waals surface area contributed by atoms with Gasteiger partial charge in [-0.15, -0.1) is 0 Å². The topological polar surface area (TPSA) is 54.4 Å². The van der Waals surface area contributed by atoms with Gasteiger partial charge < -0.3 is 5.11 Å². The summed E-state index contributed by atoms with van der Waals surface area (Å²) in [5.74, 6) is 0.407. The molecule has 5 rings (SSSR count). The van der Waals surface area contributed by atoms with Crippen LogP contribution in [-0.4, -0.2) is 16.7 Å². The van der Waals surface area contributed by atoms with Gasteiger partial charge in [0.15, 0.2) is 11.5 Å². The highest BCUT2D eigenvalue weighted by atomic mass is 16.3. The van der Waals surface area contributed by atoms with E-state index in [1.54, 1.807) is 0 Å². The van der Waals surface area contributed by atoms with Crippen molar-refractivity contribution in [2.75, 3.05) is 0 Å². The minimum Gasteiger partial charge on any atom is -0.504 e. The van der Waals surface area contributed by atoms with Crippen LogP contribution in [0.4, 0.5) is 0 Å². The molecule has 0 heterocycles. The average molecular weight is 395 g/mol. The van der Waals surface area contributed by atoms with E-state index in [2.05, 4.69) is 45.9 Å². The highest BCUT2D eigenvalue weighted by Gasteiger charge is 2.58. The molecular formula is C26H34O3. The van der Waals surface area contributed by atoms with E-state index in [1.165, 1.54) is 12.0 Å². The Hall–Kier alpha value is -1.64. The largest absolute Gasteiger partial charge is 0.504 e. The molecule has 0 amide bonds. The van der Waals surface area contributed by atoms with Crippen molar-refractivity contribution >= 4 is 11.6 Å². The summed E-state index contributed by atoms with van der Waals surface area (Å²) in [6.45, 7) is 9.29. The van der Waals surface area contributed by atoms with Crippen LogP contribution in [0, 0.1) is 46.3 Å². The zero-order valence-electron chi connectivity index (χ0n) is 18.2. The van der Waals surface area contributed by atoms with Crippen LogP contribution in [0.5, 0.6) is 0 Å². The molecule has 5 aliphatic carbocycles. The second kappa shape index (κ2) is 6.18. The standard InChI is InChI=1S/C26H34O3/c1-14-6-5-7-19-25(14,3)11-10-15(2)26(19,4)13-18-22(27)20-16-8-9-17(12-16)21(20)24(29)23(18)28/h6,8-9,15-17,19-21,28H,5,7,10-13H2,1-4H3/t15-,16-,17+,19+,20-,21+,25+,26+/m0/s1. The number of aliphatic hydroxyl groups excluding tert-OH is 1. The van der Waals surface area contributed by atoms with Gasteiger partial charge in [-0.3, -0.25) is 9.59 Å². The molecule has 8 atom stereocenters. The molecular weight excluding hydrogens is 360 g/mol. The first-order valence-electron chi connectivity index (χ1n) is 11.5. The number of Topliss-reactive ketones (excluding diaryl/α,β-unsaturated/α-hetero) is 2. The van der Waals surface area contributed by atoms with Gasteiger partial charge in [0.05, 0.1) is 0 Å². The Bertz CT molecular complexity index is 876. The molecule has 0 saturated heterocycles. The van der Waals surface area contributed by atoms with E-state index in [0.29, 0.717) is 23.8 Å². The van der Waals surface area contributed by atoms with E-state index >= 15 is 0 Å². The zero-order chi connectivity index (χ0) is 20.7. The number of hydrogen-bond acceptors (Lipinski definition) is 3. The summed E-state index contributed by atoms with van der Waals surface area (Å²) in [5.41, 5.74) is 2.01. The number of carbonyl (C=O) groups is 2. The van der Waals surface area contributed by atoms with Crippen LogP contribution >= 0.6 is 0 Å². The Kier molecular flexibility index (Phi) is 4.12. The normalized spacial score (nSPS) is 48.6. The molecule has 3 heteroatoms. The Labute approximate surface area is 174 Å². The molecule has 2 bridgehead atoms. The van der Waals surface area contributed by atoms with Gasteiger partial charge in [-0.2, -0.15) is 0 Å². The SMILES string of the molecule is CC1=CCC[C@H]2[C@](C)(CC3=C(O)C(=O)[C@H]4[C@@H](C3=O)[C@H]3C=C[C@@H]4C3)[C@@H](C)CC[C@]12C. The molecule has 0 spiro atoms. The maximum Gasteiger partial charge on any atom is 0.201 e. The lowest BCUT2D eigenvalue weighted by Gasteiger charge is -2.58. The Morgan fingerprint density at radius 1 is 1.07 bits per heavy atom. The minimum absolute atomic E-state index is 0.0627. The fraction of sp³-hybridized carbons (Fsp3) is 0.692. The smallest absolute Gasteiger partial charge is 0.201 e. The van der Waals surface area contributed by atoms with Gasteiger partial charge in [0, 0.05) is 17.4 Å². The Morgan fingerprint density at radius 2 is 1.72 bits per heavy atom. The first kappa shape index (κ1) is 19.3. The molecule has 29 heavy (non-hydrogen) atoms. The number of rotatable bonds is 2. The third-order valence-electron chi connectivity index (χ3n) is 10.0. The number of aliphatic hydroxyl groups is 1. The van der Waals surface area contributed by atoms with Crippen molar-refractivity contribution in [3.05, 3.63) is 35.1 Å². The summed E-state index contributed by atoms with van der Waals surface area (Å²) >= 11 is 0. The van der Waals surface area contributed by atoms with E-state index < -0.39 is 0 Å². The number of carbonyl (C=O) groups excluding carboxylic acids is 2. The van der Waals surface area contributed by atoms with Gasteiger partial charge >= 0.3 is 0 Å². The molecule has 1 N–H and O–H groups in total. The molecule has 156 valence electrons. The lowest BCUT2D eigenvalue weighted by molar-refractivity contribution is -0.134. The van der Waals surface area contributed by atoms with Gasteiger partial charge in [0.2, 0.25) is 5.78 Å². The molecule has 0 aromatic heterocycles. The van der Waals surface area contributed by atoms with Crippen LogP contribution in [0.15, 0.2) is 35.1 Å². The van der Waals surface area contributed by atoms with Crippen molar-refractivity contribution in [3.63, 3.8) is 0 Å². The maximum atomic E-state index is 13.6. The molecule has 0 aliphatic heterocycles. The number of ketones is 2. The average Bonchev–Trinajstić information content (AvgIpc) is 3.30. The Morgan fingerprint density at radius 3 is 2.41 bits per heavy atom. The number of allylic oxidation sites excluding steroid dienone is 6. The van der Waals surface area contributed by atoms with Crippen LogP contribution in [0.2, 0.25) is 0 Å². The predicted octanol–water partition coefficient (Wildman–Crippen LogP) is 5.58. The van der Waals surface area contributed by atoms with Crippen molar-refractivity contribution in [2.45, 2.75) is 66.2 Å². The van der Waals surface area contributed by atoms with Gasteiger partial charge in [-0.05, 0) is 80.0 Å². The van der Waals surface area contributed by atoms with Crippen molar-refractivity contribution in [1.29, 1.82) is 0 Å². The van der Waals surface area contributed by atoms with E-state index in [4.69, 9.17) is 0 Å². The van der Waals surface area contributed by atoms with Crippen LogP contribution in [0.1, 0.15) is 66.2 Å². The van der Waals surface area contributed by atoms with Crippen molar-refractivity contribution < 1.29 is 14.7 Å². The summed E-state index contributed by atoms with van der Waals surface area (Å²) in [6.07, 6.45) is 12.6. The van der Waals surface area contributed by atoms with Gasteiger partial charge in [0.1, 0.15) is 0 Å². The monoisotopic (exact) mass is 394 g/mol. The second-order valence-corrected chi connectivity index (χ2v) is 11.1. The first-order valence-corrected chi connectivity index (χ1v) is 11.5. The summed E-state index contributed by atoms with van der Waals surface area (Å²) in [6, 6.07) is 0. The lowest BCUT2D eigenvalue weighted by Crippen LogP contribution is -2.51. The predicted molar refractivity (Wildman–Crippen MR) is 113 cm³/mol. The third kappa shape index (κ3) is 2.42. The van der Waals surface area contributed by atoms with Gasteiger partial charge in [-0.25, -0.2) is 0 Å². The minimum atomic E-state index is -0.317. The maximum absolute atomic E-state index is 13.6. The summed E-state index contributed by atoms with van der Waals surface area (Å²) in [4.78, 5) is 26.6. The molecule has 0 unspecified atom stereocenters. The molecule has 5 aliphatic rings. The van der Waals surface area contributed by atoms with Crippen LogP contribution < -0.4 is 0 Å². The number of hydrogen-bond donors (Lipinski definition) is 1. The van der Waals surface area contributed by atoms with Gasteiger partial charge in [-0.1, -0.05) is 44.6 Å². The van der Waals surface area contributed by atoms with Crippen molar-refractivity contribution in [2.24, 2.45) is 46.3 Å². The van der Waals surface area contributed by atoms with Crippen molar-refractivity contribution in [3.8, 4) is 0 Å². The molecule has 2 saturated carbocycles.